The van der Waals surface area contributed by atoms with Crippen molar-refractivity contribution >= 4 is 23.5 Å². The van der Waals surface area contributed by atoms with Crippen LogP contribution >= 0.6 is 11.6 Å². The van der Waals surface area contributed by atoms with E-state index >= 15 is 0 Å². The first-order valence-electron chi connectivity index (χ1n) is 6.65. The summed E-state index contributed by atoms with van der Waals surface area (Å²) in [5.74, 6) is -0.617. The van der Waals surface area contributed by atoms with E-state index in [0.717, 1.165) is 0 Å². The average molecular weight is 314 g/mol. The minimum absolute atomic E-state index is 0.0839. The van der Waals surface area contributed by atoms with E-state index in [4.69, 9.17) is 21.4 Å². The highest BCUT2D eigenvalue weighted by atomic mass is 35.5. The van der Waals surface area contributed by atoms with Crippen molar-refractivity contribution in [2.24, 2.45) is 5.41 Å². The summed E-state index contributed by atoms with van der Waals surface area (Å²) in [6.07, 6.45) is 0.520. The van der Waals surface area contributed by atoms with Crippen molar-refractivity contribution in [2.45, 2.75) is 26.7 Å². The van der Waals surface area contributed by atoms with Gasteiger partial charge in [0.2, 0.25) is 5.91 Å². The first-order valence-corrected chi connectivity index (χ1v) is 7.02. The minimum Gasteiger partial charge on any atom is -0.496 e. The van der Waals surface area contributed by atoms with Crippen LogP contribution in [0.2, 0.25) is 5.02 Å². The van der Waals surface area contributed by atoms with Gasteiger partial charge in [-0.2, -0.15) is 0 Å². The Bertz CT molecular complexity index is 532. The van der Waals surface area contributed by atoms with Gasteiger partial charge in [-0.1, -0.05) is 18.5 Å². The Hall–Kier alpha value is -1.75. The Balaban J connectivity index is 2.70. The maximum Gasteiger partial charge on any atom is 0.311 e. The summed E-state index contributed by atoms with van der Waals surface area (Å²) >= 11 is 5.91. The van der Waals surface area contributed by atoms with E-state index in [0.29, 0.717) is 22.8 Å². The molecular weight excluding hydrogens is 294 g/mol. The second kappa shape index (κ2) is 7.31. The van der Waals surface area contributed by atoms with Gasteiger partial charge in [0.25, 0.3) is 0 Å². The highest BCUT2D eigenvalue weighted by molar-refractivity contribution is 6.30. The zero-order valence-corrected chi connectivity index (χ0v) is 13.2. The quantitative estimate of drug-likeness (QED) is 0.811. The molecule has 116 valence electrons. The highest BCUT2D eigenvalue weighted by Gasteiger charge is 2.31. The van der Waals surface area contributed by atoms with Crippen molar-refractivity contribution in [3.05, 3.63) is 28.8 Å². The second-order valence-electron chi connectivity index (χ2n) is 5.13. The van der Waals surface area contributed by atoms with Gasteiger partial charge in [0.1, 0.15) is 5.75 Å². The third-order valence-corrected chi connectivity index (χ3v) is 3.80. The molecule has 0 saturated carbocycles. The number of nitrogens with one attached hydrogen (secondary N) is 1. The Labute approximate surface area is 129 Å². The predicted octanol–water partition coefficient (Wildman–Crippen LogP) is 2.51. The zero-order valence-electron chi connectivity index (χ0n) is 12.4. The molecule has 0 heterocycles. The van der Waals surface area contributed by atoms with Crippen molar-refractivity contribution in [2.75, 3.05) is 13.7 Å². The molecule has 0 aliphatic carbocycles. The molecule has 21 heavy (non-hydrogen) atoms. The van der Waals surface area contributed by atoms with Gasteiger partial charge in [-0.3, -0.25) is 9.59 Å². The number of hydrogen-bond donors (Lipinski definition) is 2. The summed E-state index contributed by atoms with van der Waals surface area (Å²) in [7, 11) is 1.52. The molecule has 0 saturated heterocycles. The van der Waals surface area contributed by atoms with Crippen LogP contribution in [-0.4, -0.2) is 30.6 Å². The fourth-order valence-electron chi connectivity index (χ4n) is 1.77. The number of ether oxygens (including phenoxy) is 1. The van der Waals surface area contributed by atoms with Crippen LogP contribution in [0.5, 0.6) is 5.75 Å². The third-order valence-electron chi connectivity index (χ3n) is 3.57. The number of carbonyl (C=O) groups is 2. The van der Waals surface area contributed by atoms with Crippen LogP contribution in [0.1, 0.15) is 25.8 Å². The number of hydrogen-bond acceptors (Lipinski definition) is 3. The van der Waals surface area contributed by atoms with Crippen molar-refractivity contribution in [3.8, 4) is 5.75 Å². The SMILES string of the molecule is CCC(C)(CNC(=O)Cc1cc(Cl)ccc1OC)C(=O)O. The van der Waals surface area contributed by atoms with Gasteiger partial charge >= 0.3 is 5.97 Å². The van der Waals surface area contributed by atoms with Crippen LogP contribution in [0, 0.1) is 5.41 Å². The number of halogens is 1. The van der Waals surface area contributed by atoms with Gasteiger partial charge in [-0.15, -0.1) is 0 Å². The topological polar surface area (TPSA) is 75.6 Å². The van der Waals surface area contributed by atoms with E-state index < -0.39 is 11.4 Å². The van der Waals surface area contributed by atoms with Crippen LogP contribution in [0.25, 0.3) is 0 Å². The van der Waals surface area contributed by atoms with Crippen LogP contribution < -0.4 is 10.1 Å². The Morgan fingerprint density at radius 1 is 1.43 bits per heavy atom. The number of methoxy groups -OCH3 is 1. The molecule has 0 aromatic heterocycles. The van der Waals surface area contributed by atoms with Crippen LogP contribution in [0.4, 0.5) is 0 Å². The first kappa shape index (κ1) is 17.3. The Kier molecular flexibility index (Phi) is 6.03. The van der Waals surface area contributed by atoms with Gasteiger partial charge in [0, 0.05) is 17.1 Å². The van der Waals surface area contributed by atoms with Gasteiger partial charge in [-0.25, -0.2) is 0 Å². The van der Waals surface area contributed by atoms with E-state index in [-0.39, 0.29) is 18.9 Å². The molecule has 5 nitrogen and oxygen atoms in total. The molecule has 1 aromatic rings. The van der Waals surface area contributed by atoms with Gasteiger partial charge < -0.3 is 15.2 Å². The van der Waals surface area contributed by atoms with Crippen LogP contribution in [0.15, 0.2) is 18.2 Å². The molecule has 6 heteroatoms. The Morgan fingerprint density at radius 3 is 2.62 bits per heavy atom. The van der Waals surface area contributed by atoms with Gasteiger partial charge in [0.15, 0.2) is 0 Å². The predicted molar refractivity (Wildman–Crippen MR) is 80.8 cm³/mol. The fraction of sp³-hybridized carbons (Fsp3) is 0.467. The van der Waals surface area contributed by atoms with E-state index in [1.165, 1.54) is 7.11 Å². The molecule has 0 aliphatic rings. The molecule has 0 radical (unpaired) electrons. The van der Waals surface area contributed by atoms with Crippen molar-refractivity contribution in [1.29, 1.82) is 0 Å². The van der Waals surface area contributed by atoms with Crippen molar-refractivity contribution in [1.82, 2.24) is 5.32 Å². The summed E-state index contributed by atoms with van der Waals surface area (Å²) in [4.78, 5) is 23.2. The lowest BCUT2D eigenvalue weighted by molar-refractivity contribution is -0.148. The average Bonchev–Trinajstić information content (AvgIpc) is 2.44. The second-order valence-corrected chi connectivity index (χ2v) is 5.57. The molecular formula is C15H20ClNO4. The van der Waals surface area contributed by atoms with E-state index in [1.54, 1.807) is 32.0 Å². The van der Waals surface area contributed by atoms with E-state index in [1.807, 2.05) is 0 Å². The third kappa shape index (κ3) is 4.63. The number of benzene rings is 1. The molecule has 1 amide bonds. The molecule has 1 atom stereocenters. The van der Waals surface area contributed by atoms with Crippen molar-refractivity contribution < 1.29 is 19.4 Å². The van der Waals surface area contributed by atoms with Crippen LogP contribution in [0.3, 0.4) is 0 Å². The molecule has 1 unspecified atom stereocenters. The molecule has 0 fully saturated rings. The monoisotopic (exact) mass is 313 g/mol. The molecule has 2 N–H and O–H groups in total. The normalized spacial score (nSPS) is 13.3. The molecule has 0 bridgehead atoms. The fourth-order valence-corrected chi connectivity index (χ4v) is 1.96. The maximum atomic E-state index is 12.0. The van der Waals surface area contributed by atoms with Crippen molar-refractivity contribution in [3.63, 3.8) is 0 Å². The highest BCUT2D eigenvalue weighted by Crippen LogP contribution is 2.23. The number of carboxylic acids is 1. The smallest absolute Gasteiger partial charge is 0.311 e. The minimum atomic E-state index is -0.964. The van der Waals surface area contributed by atoms with Gasteiger partial charge in [-0.05, 0) is 31.5 Å². The molecule has 1 aromatic carbocycles. The van der Waals surface area contributed by atoms with E-state index in [2.05, 4.69) is 5.32 Å². The number of rotatable bonds is 7. The number of carboxylic acid groups (broad SMARTS) is 1. The largest absolute Gasteiger partial charge is 0.496 e. The summed E-state index contributed by atoms with van der Waals surface area (Å²) < 4.78 is 5.17. The lowest BCUT2D eigenvalue weighted by atomic mass is 9.87. The summed E-state index contributed by atoms with van der Waals surface area (Å²) in [6, 6.07) is 5.04. The lowest BCUT2D eigenvalue weighted by Crippen LogP contribution is -2.41. The number of carbonyl (C=O) groups excluding carboxylic acids is 1. The van der Waals surface area contributed by atoms with E-state index in [9.17, 15) is 9.59 Å². The number of amides is 1. The summed E-state index contributed by atoms with van der Waals surface area (Å²) in [5, 5.41) is 12.3. The molecule has 0 aliphatic heterocycles. The number of aliphatic carboxylic acids is 1. The van der Waals surface area contributed by atoms with Gasteiger partial charge in [0.05, 0.1) is 18.9 Å². The summed E-state index contributed by atoms with van der Waals surface area (Å²) in [6.45, 7) is 3.47. The molecule has 1 rings (SSSR count). The lowest BCUT2D eigenvalue weighted by Gasteiger charge is -2.23. The molecule has 0 spiro atoms. The Morgan fingerprint density at radius 2 is 2.10 bits per heavy atom. The zero-order chi connectivity index (χ0) is 16.0. The summed E-state index contributed by atoms with van der Waals surface area (Å²) in [5.41, 5.74) is -0.301. The van der Waals surface area contributed by atoms with Crippen LogP contribution in [-0.2, 0) is 16.0 Å². The maximum absolute atomic E-state index is 12.0. The first-order chi connectivity index (χ1) is 9.82. The standard InChI is InChI=1S/C15H20ClNO4/c1-4-15(2,14(19)20)9-17-13(18)8-10-7-11(16)5-6-12(10)21-3/h5-7H,4,8-9H2,1-3H3,(H,17,18)(H,19,20).